The van der Waals surface area contributed by atoms with Crippen LogP contribution in [-0.2, 0) is 0 Å². The van der Waals surface area contributed by atoms with Crippen LogP contribution in [-0.4, -0.2) is 12.8 Å². The van der Waals surface area contributed by atoms with Gasteiger partial charge in [-0.2, -0.15) is 0 Å². The molecule has 0 fully saturated rings. The second-order valence-corrected chi connectivity index (χ2v) is 1.75. The summed E-state index contributed by atoms with van der Waals surface area (Å²) in [5.74, 6) is 0. The molecule has 0 radical (unpaired) electrons. The predicted molar refractivity (Wildman–Crippen MR) is 43.0 cm³/mol. The van der Waals surface area contributed by atoms with E-state index in [9.17, 15) is 0 Å². The maximum Gasteiger partial charge on any atom is 0.0357 e. The minimum atomic E-state index is 0.831. The summed E-state index contributed by atoms with van der Waals surface area (Å²) in [6.45, 7) is 10.2. The molecule has 0 aromatic heterocycles. The summed E-state index contributed by atoms with van der Waals surface area (Å²) in [7, 11) is 0. The first kappa shape index (κ1) is 8.15. The topological polar surface area (TPSA) is 12.4 Å². The van der Waals surface area contributed by atoms with Crippen LogP contribution in [0.5, 0.6) is 0 Å². The van der Waals surface area contributed by atoms with Crippen LogP contribution >= 0.6 is 0 Å². The van der Waals surface area contributed by atoms with E-state index < -0.39 is 0 Å². The highest BCUT2D eigenvalue weighted by atomic mass is 14.7. The molecule has 0 unspecified atom stereocenters. The molecule has 0 spiro atoms. The Morgan fingerprint density at radius 3 is 2.78 bits per heavy atom. The van der Waals surface area contributed by atoms with Crippen molar-refractivity contribution in [1.82, 2.24) is 0 Å². The molecule has 0 aromatic carbocycles. The molecule has 0 aromatic rings. The number of nitrogens with zero attached hydrogens (tertiary/aromatic N) is 1. The van der Waals surface area contributed by atoms with E-state index in [0.29, 0.717) is 0 Å². The number of allylic oxidation sites excluding steroid dienone is 2. The fourth-order valence-corrected chi connectivity index (χ4v) is 0.394. The second kappa shape index (κ2) is 5.29. The molecule has 0 saturated heterocycles. The van der Waals surface area contributed by atoms with Crippen LogP contribution < -0.4 is 0 Å². The van der Waals surface area contributed by atoms with Gasteiger partial charge in [0.15, 0.2) is 0 Å². The number of aliphatic imine (C=N–C) groups is 1. The van der Waals surface area contributed by atoms with E-state index in [1.807, 2.05) is 13.1 Å². The lowest BCUT2D eigenvalue weighted by Crippen LogP contribution is -1.78. The third-order valence-electron chi connectivity index (χ3n) is 0.954. The molecule has 0 aliphatic rings. The van der Waals surface area contributed by atoms with Crippen molar-refractivity contribution in [3.05, 3.63) is 24.8 Å². The third kappa shape index (κ3) is 5.01. The van der Waals surface area contributed by atoms with Gasteiger partial charge in [0, 0.05) is 19.2 Å². The molecule has 9 heavy (non-hydrogen) atoms. The van der Waals surface area contributed by atoms with Crippen molar-refractivity contribution in [2.24, 2.45) is 4.99 Å². The van der Waals surface area contributed by atoms with Crippen molar-refractivity contribution in [2.75, 3.05) is 6.54 Å². The molecule has 0 atom stereocenters. The third-order valence-corrected chi connectivity index (χ3v) is 0.954. The van der Waals surface area contributed by atoms with Crippen molar-refractivity contribution in [3.63, 3.8) is 0 Å². The fourth-order valence-electron chi connectivity index (χ4n) is 0.394. The molecule has 0 aliphatic carbocycles. The minimum absolute atomic E-state index is 0.831. The van der Waals surface area contributed by atoms with Gasteiger partial charge in [-0.05, 0) is 6.92 Å². The summed E-state index contributed by atoms with van der Waals surface area (Å²) in [5, 5.41) is 0. The van der Waals surface area contributed by atoms with Crippen LogP contribution in [0.15, 0.2) is 29.8 Å². The van der Waals surface area contributed by atoms with Gasteiger partial charge in [-0.25, -0.2) is 0 Å². The van der Waals surface area contributed by atoms with Gasteiger partial charge in [-0.15, -0.1) is 0 Å². The average Bonchev–Trinajstić information content (AvgIpc) is 1.89. The summed E-state index contributed by atoms with van der Waals surface area (Å²) in [6, 6.07) is 0. The zero-order chi connectivity index (χ0) is 7.11. The van der Waals surface area contributed by atoms with Crippen LogP contribution in [0.3, 0.4) is 0 Å². The van der Waals surface area contributed by atoms with Gasteiger partial charge < -0.3 is 0 Å². The maximum atomic E-state index is 4.03. The Morgan fingerprint density at radius 1 is 1.67 bits per heavy atom. The molecule has 0 amide bonds. The first-order valence-corrected chi connectivity index (χ1v) is 3.09. The largest absolute Gasteiger partial charge is 0.297 e. The first-order valence-electron chi connectivity index (χ1n) is 3.09. The molecule has 0 N–H and O–H groups in total. The Labute approximate surface area is 56.8 Å². The number of hydrogen-bond donors (Lipinski definition) is 0. The van der Waals surface area contributed by atoms with Crippen molar-refractivity contribution in [2.45, 2.75) is 13.3 Å². The lowest BCUT2D eigenvalue weighted by atomic mass is 10.2. The van der Waals surface area contributed by atoms with Crippen molar-refractivity contribution < 1.29 is 0 Å². The van der Waals surface area contributed by atoms with Gasteiger partial charge in [-0.3, -0.25) is 4.99 Å². The lowest BCUT2D eigenvalue weighted by Gasteiger charge is -1.88. The summed E-state index contributed by atoms with van der Waals surface area (Å²) in [4.78, 5) is 4.03. The first-order chi connectivity index (χ1) is 4.31. The molecule has 1 heteroatoms. The molecule has 0 bridgehead atoms. The maximum absolute atomic E-state index is 4.03. The van der Waals surface area contributed by atoms with Gasteiger partial charge in [0.25, 0.3) is 0 Å². The molecule has 0 saturated carbocycles. The van der Waals surface area contributed by atoms with Gasteiger partial charge in [0.2, 0.25) is 0 Å². The zero-order valence-corrected chi connectivity index (χ0v) is 5.93. The number of hydrogen-bond acceptors (Lipinski definition) is 1. The summed E-state index contributed by atoms with van der Waals surface area (Å²) in [5.41, 5.74) is 1.02. The van der Waals surface area contributed by atoms with Gasteiger partial charge in [0.05, 0.1) is 0 Å². The molecule has 50 valence electrons. The van der Waals surface area contributed by atoms with Crippen LogP contribution in [0.2, 0.25) is 0 Å². The Morgan fingerprint density at radius 2 is 2.33 bits per heavy atom. The van der Waals surface area contributed by atoms with Crippen LogP contribution in [0.25, 0.3) is 0 Å². The van der Waals surface area contributed by atoms with Gasteiger partial charge >= 0.3 is 0 Å². The summed E-state index contributed by atoms with van der Waals surface area (Å²) < 4.78 is 0. The molecule has 1 nitrogen and oxygen atoms in total. The fraction of sp³-hybridized carbons (Fsp3) is 0.375. The van der Waals surface area contributed by atoms with Crippen molar-refractivity contribution in [1.29, 1.82) is 0 Å². The zero-order valence-electron chi connectivity index (χ0n) is 5.93. The molecule has 0 heterocycles. The Hall–Kier alpha value is -0.850. The van der Waals surface area contributed by atoms with E-state index in [4.69, 9.17) is 0 Å². The van der Waals surface area contributed by atoms with Crippen LogP contribution in [0.1, 0.15) is 13.3 Å². The standard InChI is InChI=1S/C8H13N/c1-4-8(3)6-7-9-5-2/h4,7H,1,3,5-6H2,2H3/b9-7+. The molecule has 0 aliphatic heterocycles. The monoisotopic (exact) mass is 123 g/mol. The van der Waals surface area contributed by atoms with E-state index in [-0.39, 0.29) is 0 Å². The van der Waals surface area contributed by atoms with Crippen molar-refractivity contribution in [3.8, 4) is 0 Å². The smallest absolute Gasteiger partial charge is 0.0357 e. The summed E-state index contributed by atoms with van der Waals surface area (Å²) >= 11 is 0. The number of rotatable bonds is 4. The van der Waals surface area contributed by atoms with Gasteiger partial charge in [0.1, 0.15) is 0 Å². The Bertz CT molecular complexity index is 123. The quantitative estimate of drug-likeness (QED) is 0.401. The highest BCUT2D eigenvalue weighted by Crippen LogP contribution is 1.93. The SMILES string of the molecule is C=CC(=C)C/C=N/CC. The highest BCUT2D eigenvalue weighted by molar-refractivity contribution is 5.61. The molecular weight excluding hydrogens is 110 g/mol. The molecule has 0 rings (SSSR count). The van der Waals surface area contributed by atoms with Crippen molar-refractivity contribution >= 4 is 6.21 Å². The average molecular weight is 123 g/mol. The minimum Gasteiger partial charge on any atom is -0.297 e. The second-order valence-electron chi connectivity index (χ2n) is 1.75. The normalized spacial score (nSPS) is 9.89. The Balaban J connectivity index is 3.37. The van der Waals surface area contributed by atoms with E-state index in [0.717, 1.165) is 18.5 Å². The summed E-state index contributed by atoms with van der Waals surface area (Å²) in [6.07, 6.45) is 4.45. The van der Waals surface area contributed by atoms with Crippen LogP contribution in [0.4, 0.5) is 0 Å². The van der Waals surface area contributed by atoms with E-state index in [1.165, 1.54) is 0 Å². The predicted octanol–water partition coefficient (Wildman–Crippen LogP) is 2.21. The highest BCUT2D eigenvalue weighted by Gasteiger charge is 1.79. The van der Waals surface area contributed by atoms with E-state index in [2.05, 4.69) is 18.2 Å². The Kier molecular flexibility index (Phi) is 4.79. The molecular formula is C8H13N. The van der Waals surface area contributed by atoms with E-state index in [1.54, 1.807) is 6.08 Å². The van der Waals surface area contributed by atoms with Crippen LogP contribution in [0, 0.1) is 0 Å². The van der Waals surface area contributed by atoms with E-state index >= 15 is 0 Å². The lowest BCUT2D eigenvalue weighted by molar-refractivity contribution is 1.13. The van der Waals surface area contributed by atoms with Gasteiger partial charge in [-0.1, -0.05) is 24.8 Å².